The standard InChI is InChI=1S/C23H30N4O3/c1-29-19-6-8-20(9-7-19)30-18-17-25-13-15-27(16-14-25)23(28)21-5-4-10-24-22(21)26-11-2-3-12-26/h4-10H,2-3,11-18H2,1H3. The molecule has 0 aliphatic carbocycles. The summed E-state index contributed by atoms with van der Waals surface area (Å²) in [5.41, 5.74) is 0.732. The van der Waals surface area contributed by atoms with E-state index in [2.05, 4.69) is 14.8 Å². The molecule has 2 aliphatic heterocycles. The van der Waals surface area contributed by atoms with Gasteiger partial charge in [0.15, 0.2) is 0 Å². The first kappa shape index (κ1) is 20.5. The molecule has 0 saturated carbocycles. The van der Waals surface area contributed by atoms with Crippen LogP contribution in [0.2, 0.25) is 0 Å². The molecular weight excluding hydrogens is 380 g/mol. The van der Waals surface area contributed by atoms with Gasteiger partial charge < -0.3 is 19.3 Å². The van der Waals surface area contributed by atoms with Gasteiger partial charge in [0.2, 0.25) is 0 Å². The van der Waals surface area contributed by atoms with Crippen LogP contribution in [0.25, 0.3) is 0 Å². The average Bonchev–Trinajstić information content (AvgIpc) is 3.34. The molecule has 2 aliphatic rings. The molecular formula is C23H30N4O3. The van der Waals surface area contributed by atoms with E-state index in [1.54, 1.807) is 13.3 Å². The van der Waals surface area contributed by atoms with Crippen LogP contribution >= 0.6 is 0 Å². The van der Waals surface area contributed by atoms with E-state index in [-0.39, 0.29) is 5.91 Å². The number of methoxy groups -OCH3 is 1. The molecule has 160 valence electrons. The molecule has 0 N–H and O–H groups in total. The van der Waals surface area contributed by atoms with Gasteiger partial charge in [-0.05, 0) is 49.2 Å². The summed E-state index contributed by atoms with van der Waals surface area (Å²) in [7, 11) is 1.65. The number of nitrogens with zero attached hydrogens (tertiary/aromatic N) is 4. The number of carbonyl (C=O) groups excluding carboxylic acids is 1. The van der Waals surface area contributed by atoms with Crippen LogP contribution in [0.3, 0.4) is 0 Å². The average molecular weight is 411 g/mol. The molecule has 0 unspecified atom stereocenters. The van der Waals surface area contributed by atoms with Crippen molar-refractivity contribution in [3.63, 3.8) is 0 Å². The highest BCUT2D eigenvalue weighted by Crippen LogP contribution is 2.23. The van der Waals surface area contributed by atoms with Crippen LogP contribution in [0.5, 0.6) is 11.5 Å². The van der Waals surface area contributed by atoms with Gasteiger partial charge in [0.25, 0.3) is 5.91 Å². The summed E-state index contributed by atoms with van der Waals surface area (Å²) >= 11 is 0. The van der Waals surface area contributed by atoms with Crippen molar-refractivity contribution in [2.75, 3.05) is 64.4 Å². The van der Waals surface area contributed by atoms with Crippen LogP contribution in [0.15, 0.2) is 42.6 Å². The number of hydrogen-bond donors (Lipinski definition) is 0. The Morgan fingerprint density at radius 3 is 2.37 bits per heavy atom. The number of piperazine rings is 1. The van der Waals surface area contributed by atoms with Gasteiger partial charge >= 0.3 is 0 Å². The Labute approximate surface area is 178 Å². The first-order valence-electron chi connectivity index (χ1n) is 10.7. The lowest BCUT2D eigenvalue weighted by atomic mass is 10.2. The fourth-order valence-corrected chi connectivity index (χ4v) is 4.05. The number of rotatable bonds is 7. The number of carbonyl (C=O) groups is 1. The van der Waals surface area contributed by atoms with E-state index in [9.17, 15) is 4.79 Å². The molecule has 1 aromatic carbocycles. The second-order valence-corrected chi connectivity index (χ2v) is 7.73. The molecule has 2 saturated heterocycles. The van der Waals surface area contributed by atoms with Crippen molar-refractivity contribution in [3.8, 4) is 11.5 Å². The first-order chi connectivity index (χ1) is 14.7. The van der Waals surface area contributed by atoms with Gasteiger partial charge in [0, 0.05) is 52.0 Å². The summed E-state index contributed by atoms with van der Waals surface area (Å²) in [5, 5.41) is 0. The van der Waals surface area contributed by atoms with Crippen molar-refractivity contribution >= 4 is 11.7 Å². The van der Waals surface area contributed by atoms with E-state index in [0.29, 0.717) is 6.61 Å². The number of hydrogen-bond acceptors (Lipinski definition) is 6. The topological polar surface area (TPSA) is 58.1 Å². The predicted octanol–water partition coefficient (Wildman–Crippen LogP) is 2.53. The minimum Gasteiger partial charge on any atom is -0.497 e. The third-order valence-electron chi connectivity index (χ3n) is 5.82. The second kappa shape index (κ2) is 9.80. The maximum absolute atomic E-state index is 13.1. The largest absolute Gasteiger partial charge is 0.497 e. The highest BCUT2D eigenvalue weighted by Gasteiger charge is 2.26. The molecule has 2 fully saturated rings. The zero-order valence-corrected chi connectivity index (χ0v) is 17.6. The summed E-state index contributed by atoms with van der Waals surface area (Å²) in [6.45, 7) is 6.62. The molecule has 0 bridgehead atoms. The van der Waals surface area contributed by atoms with Gasteiger partial charge in [-0.3, -0.25) is 9.69 Å². The predicted molar refractivity (Wildman–Crippen MR) is 117 cm³/mol. The smallest absolute Gasteiger partial charge is 0.257 e. The zero-order valence-electron chi connectivity index (χ0n) is 17.6. The van der Waals surface area contributed by atoms with Crippen molar-refractivity contribution < 1.29 is 14.3 Å². The van der Waals surface area contributed by atoms with Crippen LogP contribution in [0, 0.1) is 0 Å². The SMILES string of the molecule is COc1ccc(OCCN2CCN(C(=O)c3cccnc3N3CCCC3)CC2)cc1. The monoisotopic (exact) mass is 410 g/mol. The normalized spacial score (nSPS) is 17.2. The number of ether oxygens (including phenoxy) is 2. The van der Waals surface area contributed by atoms with Crippen LogP contribution in [0.4, 0.5) is 5.82 Å². The van der Waals surface area contributed by atoms with Crippen molar-refractivity contribution in [2.45, 2.75) is 12.8 Å². The molecule has 2 aromatic rings. The summed E-state index contributed by atoms with van der Waals surface area (Å²) < 4.78 is 11.0. The Morgan fingerprint density at radius 2 is 1.67 bits per heavy atom. The van der Waals surface area contributed by atoms with Gasteiger partial charge in [0.1, 0.15) is 23.9 Å². The molecule has 0 atom stereocenters. The Kier molecular flexibility index (Phi) is 6.69. The van der Waals surface area contributed by atoms with E-state index < -0.39 is 0 Å². The van der Waals surface area contributed by atoms with Crippen LogP contribution in [-0.2, 0) is 0 Å². The maximum Gasteiger partial charge on any atom is 0.257 e. The Bertz CT molecular complexity index is 829. The quantitative estimate of drug-likeness (QED) is 0.699. The summed E-state index contributed by atoms with van der Waals surface area (Å²) in [6, 6.07) is 11.4. The highest BCUT2D eigenvalue weighted by molar-refractivity contribution is 5.99. The third-order valence-corrected chi connectivity index (χ3v) is 5.82. The number of anilines is 1. The van der Waals surface area contributed by atoms with Gasteiger partial charge in [-0.1, -0.05) is 0 Å². The molecule has 3 heterocycles. The van der Waals surface area contributed by atoms with Crippen LogP contribution < -0.4 is 14.4 Å². The number of aromatic nitrogens is 1. The van der Waals surface area contributed by atoms with Crippen LogP contribution in [-0.4, -0.2) is 80.2 Å². The molecule has 7 nitrogen and oxygen atoms in total. The Balaban J connectivity index is 1.26. The zero-order chi connectivity index (χ0) is 20.8. The van der Waals surface area contributed by atoms with Crippen molar-refractivity contribution in [3.05, 3.63) is 48.2 Å². The van der Waals surface area contributed by atoms with Gasteiger partial charge in [0.05, 0.1) is 12.7 Å². The summed E-state index contributed by atoms with van der Waals surface area (Å²) in [4.78, 5) is 24.2. The first-order valence-corrected chi connectivity index (χ1v) is 10.7. The number of amides is 1. The maximum atomic E-state index is 13.1. The van der Waals surface area contributed by atoms with Crippen molar-refractivity contribution in [2.24, 2.45) is 0 Å². The fourth-order valence-electron chi connectivity index (χ4n) is 4.05. The summed E-state index contributed by atoms with van der Waals surface area (Å²) in [6.07, 6.45) is 4.12. The van der Waals surface area contributed by atoms with Crippen molar-refractivity contribution in [1.82, 2.24) is 14.8 Å². The summed E-state index contributed by atoms with van der Waals surface area (Å²) in [5.74, 6) is 2.61. The third kappa shape index (κ3) is 4.84. The molecule has 1 aromatic heterocycles. The molecule has 0 radical (unpaired) electrons. The minimum atomic E-state index is 0.0964. The van der Waals surface area contributed by atoms with Gasteiger partial charge in [-0.2, -0.15) is 0 Å². The highest BCUT2D eigenvalue weighted by atomic mass is 16.5. The molecule has 0 spiro atoms. The van der Waals surface area contributed by atoms with E-state index in [1.807, 2.05) is 41.3 Å². The molecule has 30 heavy (non-hydrogen) atoms. The van der Waals surface area contributed by atoms with Crippen LogP contribution in [0.1, 0.15) is 23.2 Å². The Hall–Kier alpha value is -2.80. The van der Waals surface area contributed by atoms with E-state index in [0.717, 1.165) is 68.7 Å². The molecule has 1 amide bonds. The lowest BCUT2D eigenvalue weighted by Gasteiger charge is -2.35. The van der Waals surface area contributed by atoms with Crippen molar-refractivity contribution in [1.29, 1.82) is 0 Å². The fraction of sp³-hybridized carbons (Fsp3) is 0.478. The Morgan fingerprint density at radius 1 is 0.967 bits per heavy atom. The second-order valence-electron chi connectivity index (χ2n) is 7.73. The lowest BCUT2D eigenvalue weighted by molar-refractivity contribution is 0.0620. The van der Waals surface area contributed by atoms with Gasteiger partial charge in [-0.25, -0.2) is 4.98 Å². The minimum absolute atomic E-state index is 0.0964. The molecule has 4 rings (SSSR count). The van der Waals surface area contributed by atoms with E-state index in [4.69, 9.17) is 9.47 Å². The van der Waals surface area contributed by atoms with E-state index >= 15 is 0 Å². The number of benzene rings is 1. The number of pyridine rings is 1. The van der Waals surface area contributed by atoms with Gasteiger partial charge in [-0.15, -0.1) is 0 Å². The lowest BCUT2D eigenvalue weighted by Crippen LogP contribution is -2.49. The van der Waals surface area contributed by atoms with E-state index in [1.165, 1.54) is 12.8 Å². The molecule has 7 heteroatoms.